The van der Waals surface area contributed by atoms with Crippen molar-refractivity contribution in [2.75, 3.05) is 26.2 Å². The van der Waals surface area contributed by atoms with E-state index < -0.39 is 0 Å². The number of hydrogen-bond acceptors (Lipinski definition) is 4. The highest BCUT2D eigenvalue weighted by atomic mass is 35.5. The van der Waals surface area contributed by atoms with Gasteiger partial charge in [0, 0.05) is 6.54 Å². The molecule has 0 spiro atoms. The molecule has 0 radical (unpaired) electrons. The van der Waals surface area contributed by atoms with Crippen LogP contribution < -0.4 is 10.1 Å². The summed E-state index contributed by atoms with van der Waals surface area (Å²) >= 11 is 0. The van der Waals surface area contributed by atoms with Crippen molar-refractivity contribution in [2.24, 2.45) is 0 Å². The zero-order chi connectivity index (χ0) is 18.4. The van der Waals surface area contributed by atoms with Gasteiger partial charge in [0.2, 0.25) is 0 Å². The van der Waals surface area contributed by atoms with E-state index >= 15 is 0 Å². The highest BCUT2D eigenvalue weighted by Gasteiger charge is 2.24. The molecule has 1 aromatic heterocycles. The van der Waals surface area contributed by atoms with E-state index in [1.165, 1.54) is 24.8 Å². The van der Waals surface area contributed by atoms with Crippen LogP contribution in [0, 0.1) is 13.8 Å². The van der Waals surface area contributed by atoms with Gasteiger partial charge in [-0.05, 0) is 75.2 Å². The Kier molecular flexibility index (Phi) is 8.20. The van der Waals surface area contributed by atoms with E-state index in [1.807, 2.05) is 37.3 Å². The number of aryl methyl sites for hydroxylation is 2. The number of likely N-dealkylation sites (tertiary alicyclic amines) is 1. The first-order valence-electron chi connectivity index (χ1n) is 9.37. The molecule has 1 unspecified atom stereocenters. The molecule has 0 aliphatic carbocycles. The van der Waals surface area contributed by atoms with E-state index in [2.05, 4.69) is 17.1 Å². The lowest BCUT2D eigenvalue weighted by Gasteiger charge is -2.33. The second kappa shape index (κ2) is 10.4. The highest BCUT2D eigenvalue weighted by molar-refractivity contribution is 5.85. The number of furan rings is 1. The van der Waals surface area contributed by atoms with Crippen molar-refractivity contribution in [3.8, 4) is 5.75 Å². The molecular weight excluding hydrogens is 364 g/mol. The van der Waals surface area contributed by atoms with Gasteiger partial charge in [-0.1, -0.05) is 12.5 Å². The molecule has 1 aliphatic heterocycles. The molecular formula is C21H29ClN2O3. The maximum Gasteiger partial charge on any atom is 0.258 e. The number of carbonyl (C=O) groups is 1. The van der Waals surface area contributed by atoms with Crippen molar-refractivity contribution in [1.29, 1.82) is 0 Å². The molecule has 1 amide bonds. The van der Waals surface area contributed by atoms with Crippen LogP contribution in [0.5, 0.6) is 5.75 Å². The number of amides is 1. The summed E-state index contributed by atoms with van der Waals surface area (Å²) in [5, 5.41) is 3.00. The molecule has 2 heterocycles. The molecule has 3 rings (SSSR count). The summed E-state index contributed by atoms with van der Waals surface area (Å²) in [6.45, 7) is 6.73. The summed E-state index contributed by atoms with van der Waals surface area (Å²) in [4.78, 5) is 14.6. The van der Waals surface area contributed by atoms with Gasteiger partial charge in [0.15, 0.2) is 6.61 Å². The van der Waals surface area contributed by atoms with E-state index in [0.29, 0.717) is 6.54 Å². The van der Waals surface area contributed by atoms with Gasteiger partial charge in [0.25, 0.3) is 5.91 Å². The van der Waals surface area contributed by atoms with Crippen molar-refractivity contribution < 1.29 is 13.9 Å². The van der Waals surface area contributed by atoms with Gasteiger partial charge in [-0.3, -0.25) is 9.69 Å². The third-order valence-electron chi connectivity index (χ3n) is 5.04. The van der Waals surface area contributed by atoms with Crippen LogP contribution in [0.2, 0.25) is 0 Å². The van der Waals surface area contributed by atoms with Crippen LogP contribution in [-0.4, -0.2) is 37.0 Å². The molecule has 6 heteroatoms. The first-order valence-corrected chi connectivity index (χ1v) is 9.37. The quantitative estimate of drug-likeness (QED) is 0.772. The van der Waals surface area contributed by atoms with E-state index in [9.17, 15) is 4.79 Å². The molecule has 1 N–H and O–H groups in total. The van der Waals surface area contributed by atoms with E-state index in [0.717, 1.165) is 30.2 Å². The normalized spacial score (nSPS) is 15.6. The lowest BCUT2D eigenvalue weighted by atomic mass is 10.1. The summed E-state index contributed by atoms with van der Waals surface area (Å²) in [5.74, 6) is 1.51. The number of benzene rings is 1. The fraction of sp³-hybridized carbons (Fsp3) is 0.476. The summed E-state index contributed by atoms with van der Waals surface area (Å²) in [6, 6.07) is 9.83. The van der Waals surface area contributed by atoms with Crippen molar-refractivity contribution in [3.05, 3.63) is 53.5 Å². The molecule has 27 heavy (non-hydrogen) atoms. The topological polar surface area (TPSA) is 54.7 Å². The Morgan fingerprint density at radius 2 is 1.96 bits per heavy atom. The van der Waals surface area contributed by atoms with Crippen LogP contribution in [0.3, 0.4) is 0 Å². The second-order valence-electron chi connectivity index (χ2n) is 6.97. The lowest BCUT2D eigenvalue weighted by Crippen LogP contribution is -2.41. The number of ether oxygens (including phenoxy) is 1. The minimum Gasteiger partial charge on any atom is -0.484 e. The zero-order valence-corrected chi connectivity index (χ0v) is 16.9. The van der Waals surface area contributed by atoms with E-state index in [1.54, 1.807) is 6.26 Å². The standard InChI is InChI=1S/C21H28N2O3.ClH/c1-16-8-9-18(13-17(16)2)26-15-21(24)22-14-19(20-7-6-12-25-20)23-10-4-3-5-11-23;/h6-9,12-13,19H,3-5,10-11,14-15H2,1-2H3,(H,22,24);1H. The Bertz CT molecular complexity index is 712. The van der Waals surface area contributed by atoms with Crippen LogP contribution >= 0.6 is 12.4 Å². The Balaban J connectivity index is 0.00000261. The summed E-state index contributed by atoms with van der Waals surface area (Å²) in [7, 11) is 0. The largest absolute Gasteiger partial charge is 0.484 e. The number of carbonyl (C=O) groups excluding carboxylic acids is 1. The van der Waals surface area contributed by atoms with Gasteiger partial charge < -0.3 is 14.5 Å². The Hall–Kier alpha value is -1.98. The maximum atomic E-state index is 12.2. The minimum absolute atomic E-state index is 0. The first-order chi connectivity index (χ1) is 12.6. The van der Waals surface area contributed by atoms with Gasteiger partial charge >= 0.3 is 0 Å². The average Bonchev–Trinajstić information content (AvgIpc) is 3.18. The average molecular weight is 393 g/mol. The molecule has 1 aromatic carbocycles. The van der Waals surface area contributed by atoms with Crippen molar-refractivity contribution in [3.63, 3.8) is 0 Å². The molecule has 0 saturated carbocycles. The minimum atomic E-state index is -0.114. The van der Waals surface area contributed by atoms with Crippen LogP contribution in [0.25, 0.3) is 0 Å². The fourth-order valence-electron chi connectivity index (χ4n) is 3.33. The Labute approximate surface area is 167 Å². The van der Waals surface area contributed by atoms with Crippen LogP contribution in [-0.2, 0) is 4.79 Å². The SMILES string of the molecule is Cc1ccc(OCC(=O)NCC(c2ccco2)N2CCCCC2)cc1C.Cl. The third kappa shape index (κ3) is 6.01. The van der Waals surface area contributed by atoms with Crippen LogP contribution in [0.1, 0.15) is 42.2 Å². The Morgan fingerprint density at radius 3 is 2.63 bits per heavy atom. The lowest BCUT2D eigenvalue weighted by molar-refractivity contribution is -0.123. The van der Waals surface area contributed by atoms with Crippen LogP contribution in [0.15, 0.2) is 41.0 Å². The molecule has 1 aliphatic rings. The third-order valence-corrected chi connectivity index (χ3v) is 5.04. The summed E-state index contributed by atoms with van der Waals surface area (Å²) in [6.07, 6.45) is 5.36. The van der Waals surface area contributed by atoms with Crippen molar-refractivity contribution in [2.45, 2.75) is 39.2 Å². The van der Waals surface area contributed by atoms with Gasteiger partial charge in [0.05, 0.1) is 12.3 Å². The predicted molar refractivity (Wildman–Crippen MR) is 109 cm³/mol. The number of halogens is 1. The second-order valence-corrected chi connectivity index (χ2v) is 6.97. The predicted octanol–water partition coefficient (Wildman–Crippen LogP) is 4.04. The first kappa shape index (κ1) is 21.3. The maximum absolute atomic E-state index is 12.2. The molecule has 148 valence electrons. The summed E-state index contributed by atoms with van der Waals surface area (Å²) in [5.41, 5.74) is 2.37. The van der Waals surface area contributed by atoms with Gasteiger partial charge in [-0.25, -0.2) is 0 Å². The number of nitrogens with zero attached hydrogens (tertiary/aromatic N) is 1. The smallest absolute Gasteiger partial charge is 0.258 e. The van der Waals surface area contributed by atoms with Crippen molar-refractivity contribution in [1.82, 2.24) is 10.2 Å². The highest BCUT2D eigenvalue weighted by Crippen LogP contribution is 2.24. The molecule has 5 nitrogen and oxygen atoms in total. The number of piperidine rings is 1. The van der Waals surface area contributed by atoms with E-state index in [4.69, 9.17) is 9.15 Å². The molecule has 2 aromatic rings. The molecule has 1 atom stereocenters. The molecule has 1 saturated heterocycles. The van der Waals surface area contributed by atoms with Gasteiger partial charge in [-0.15, -0.1) is 12.4 Å². The number of nitrogens with one attached hydrogen (secondary N) is 1. The van der Waals surface area contributed by atoms with Gasteiger partial charge in [0.1, 0.15) is 11.5 Å². The van der Waals surface area contributed by atoms with E-state index in [-0.39, 0.29) is 31.0 Å². The van der Waals surface area contributed by atoms with Gasteiger partial charge in [-0.2, -0.15) is 0 Å². The molecule has 0 bridgehead atoms. The summed E-state index contributed by atoms with van der Waals surface area (Å²) < 4.78 is 11.2. The molecule has 1 fully saturated rings. The van der Waals surface area contributed by atoms with Crippen LogP contribution in [0.4, 0.5) is 0 Å². The zero-order valence-electron chi connectivity index (χ0n) is 16.1. The van der Waals surface area contributed by atoms with Crippen molar-refractivity contribution >= 4 is 18.3 Å². The number of hydrogen-bond donors (Lipinski definition) is 1. The number of rotatable bonds is 7. The monoisotopic (exact) mass is 392 g/mol. The Morgan fingerprint density at radius 1 is 1.19 bits per heavy atom. The fourth-order valence-corrected chi connectivity index (χ4v) is 3.33.